The van der Waals surface area contributed by atoms with Gasteiger partial charge in [-0.3, -0.25) is 0 Å². The first-order valence-corrected chi connectivity index (χ1v) is 8.22. The van der Waals surface area contributed by atoms with Gasteiger partial charge in [0.05, 0.1) is 11.6 Å². The molecule has 0 aliphatic heterocycles. The Morgan fingerprint density at radius 3 is 1.85 bits per heavy atom. The number of hydrogen-bond donors (Lipinski definition) is 0. The summed E-state index contributed by atoms with van der Waals surface area (Å²) in [6, 6.07) is 29.2. The minimum Gasteiger partial charge on any atom is -0.224 e. The molecule has 0 radical (unpaired) electrons. The molecule has 0 bridgehead atoms. The lowest BCUT2D eigenvalue weighted by Crippen LogP contribution is -2.01. The number of aromatic nitrogens is 3. The van der Waals surface area contributed by atoms with Crippen molar-refractivity contribution in [2.24, 2.45) is 0 Å². The second kappa shape index (κ2) is 6.96. The molecule has 0 N–H and O–H groups in total. The van der Waals surface area contributed by atoms with Crippen molar-refractivity contribution in [3.8, 4) is 40.0 Å². The van der Waals surface area contributed by atoms with Crippen LogP contribution < -0.4 is 0 Å². The van der Waals surface area contributed by atoms with E-state index in [0.29, 0.717) is 17.0 Å². The summed E-state index contributed by atoms with van der Waals surface area (Å²) in [5.74, 6) is 0.445. The third-order valence-corrected chi connectivity index (χ3v) is 4.07. The Balaban J connectivity index is 1.95. The number of nitrogens with zero attached hydrogens (tertiary/aromatic N) is 4. The first kappa shape index (κ1) is 15.7. The normalized spacial score (nSPS) is 10.3. The van der Waals surface area contributed by atoms with Crippen LogP contribution >= 0.6 is 0 Å². The van der Waals surface area contributed by atoms with Crippen molar-refractivity contribution >= 4 is 0 Å². The molecule has 0 aliphatic carbocycles. The molecule has 3 aromatic carbocycles. The topological polar surface area (TPSA) is 62.5 Å². The number of nitriles is 1. The summed E-state index contributed by atoms with van der Waals surface area (Å²) in [6.07, 6.45) is 0. The summed E-state index contributed by atoms with van der Waals surface area (Å²) in [4.78, 5) is 4.77. The van der Waals surface area contributed by atoms with Crippen molar-refractivity contribution in [1.29, 1.82) is 5.26 Å². The van der Waals surface area contributed by atoms with Gasteiger partial charge < -0.3 is 0 Å². The lowest BCUT2D eigenvalue weighted by atomic mass is 10.0. The Morgan fingerprint density at radius 1 is 0.615 bits per heavy atom. The van der Waals surface area contributed by atoms with Gasteiger partial charge in [-0.15, -0.1) is 10.2 Å². The van der Waals surface area contributed by atoms with Gasteiger partial charge in [-0.1, -0.05) is 72.8 Å². The Kier molecular flexibility index (Phi) is 4.19. The number of hydrogen-bond acceptors (Lipinski definition) is 4. The van der Waals surface area contributed by atoms with E-state index in [1.54, 1.807) is 6.07 Å². The van der Waals surface area contributed by atoms with E-state index in [9.17, 15) is 5.26 Å². The molecule has 26 heavy (non-hydrogen) atoms. The molecule has 4 nitrogen and oxygen atoms in total. The second-order valence-electron chi connectivity index (χ2n) is 5.72. The van der Waals surface area contributed by atoms with Gasteiger partial charge in [0.1, 0.15) is 11.4 Å². The molecule has 0 aliphatic rings. The van der Waals surface area contributed by atoms with Crippen molar-refractivity contribution in [3.05, 3.63) is 90.5 Å². The predicted molar refractivity (Wildman–Crippen MR) is 101 cm³/mol. The molecule has 122 valence electrons. The molecule has 1 aromatic heterocycles. The third kappa shape index (κ3) is 2.94. The van der Waals surface area contributed by atoms with Crippen LogP contribution in [0, 0.1) is 11.3 Å². The van der Waals surface area contributed by atoms with Crippen LogP contribution in [0.1, 0.15) is 5.56 Å². The Hall–Kier alpha value is -3.84. The summed E-state index contributed by atoms with van der Waals surface area (Å²) < 4.78 is 0. The Labute approximate surface area is 151 Å². The van der Waals surface area contributed by atoms with Crippen LogP contribution in [0.2, 0.25) is 0 Å². The lowest BCUT2D eigenvalue weighted by molar-refractivity contribution is 0.991. The zero-order chi connectivity index (χ0) is 17.8. The summed E-state index contributed by atoms with van der Waals surface area (Å²) in [7, 11) is 0. The fraction of sp³-hybridized carbons (Fsp3) is 0. The highest BCUT2D eigenvalue weighted by Crippen LogP contribution is 2.30. The highest BCUT2D eigenvalue weighted by Gasteiger charge is 2.15. The van der Waals surface area contributed by atoms with Crippen LogP contribution in [0.3, 0.4) is 0 Å². The molecule has 0 unspecified atom stereocenters. The first-order chi connectivity index (χ1) is 12.9. The zero-order valence-corrected chi connectivity index (χ0v) is 13.9. The van der Waals surface area contributed by atoms with E-state index in [0.717, 1.165) is 22.5 Å². The van der Waals surface area contributed by atoms with Gasteiger partial charge in [0.25, 0.3) is 0 Å². The second-order valence-corrected chi connectivity index (χ2v) is 5.72. The standard InChI is InChI=1S/C22H14N4/c23-15-18-13-7-8-14-19(18)22-24-20(16-9-3-1-4-10-16)21(25-26-22)17-11-5-2-6-12-17/h1-14H. The molecular formula is C22H14N4. The SMILES string of the molecule is N#Cc1ccccc1-c1nnc(-c2ccccc2)c(-c2ccccc2)n1. The average molecular weight is 334 g/mol. The van der Waals surface area contributed by atoms with E-state index < -0.39 is 0 Å². The highest BCUT2D eigenvalue weighted by atomic mass is 15.2. The van der Waals surface area contributed by atoms with Crippen molar-refractivity contribution in [2.45, 2.75) is 0 Å². The molecule has 0 fully saturated rings. The summed E-state index contributed by atoms with van der Waals surface area (Å²) in [5.41, 5.74) is 4.58. The minimum absolute atomic E-state index is 0.445. The lowest BCUT2D eigenvalue weighted by Gasteiger charge is -2.10. The summed E-state index contributed by atoms with van der Waals surface area (Å²) in [6.45, 7) is 0. The monoisotopic (exact) mass is 334 g/mol. The van der Waals surface area contributed by atoms with Gasteiger partial charge >= 0.3 is 0 Å². The zero-order valence-electron chi connectivity index (χ0n) is 13.9. The van der Waals surface area contributed by atoms with E-state index in [4.69, 9.17) is 4.98 Å². The van der Waals surface area contributed by atoms with Crippen molar-refractivity contribution < 1.29 is 0 Å². The van der Waals surface area contributed by atoms with Gasteiger partial charge in [-0.2, -0.15) is 5.26 Å². The quantitative estimate of drug-likeness (QED) is 0.542. The fourth-order valence-electron chi connectivity index (χ4n) is 2.80. The molecule has 1 heterocycles. The molecule has 4 heteroatoms. The van der Waals surface area contributed by atoms with Crippen LogP contribution in [0.25, 0.3) is 33.9 Å². The predicted octanol–water partition coefficient (Wildman–Crippen LogP) is 4.74. The average Bonchev–Trinajstić information content (AvgIpc) is 2.74. The fourth-order valence-corrected chi connectivity index (χ4v) is 2.80. The summed E-state index contributed by atoms with van der Waals surface area (Å²) >= 11 is 0. The molecule has 0 saturated carbocycles. The molecule has 0 atom stereocenters. The van der Waals surface area contributed by atoms with Crippen molar-refractivity contribution in [2.75, 3.05) is 0 Å². The molecule has 4 rings (SSSR count). The van der Waals surface area contributed by atoms with Crippen LogP contribution in [0.5, 0.6) is 0 Å². The van der Waals surface area contributed by atoms with E-state index in [2.05, 4.69) is 16.3 Å². The maximum absolute atomic E-state index is 9.37. The molecule has 0 spiro atoms. The van der Waals surface area contributed by atoms with Crippen LogP contribution in [-0.4, -0.2) is 15.2 Å². The van der Waals surface area contributed by atoms with Gasteiger partial charge in [0, 0.05) is 16.7 Å². The molecule has 0 saturated heterocycles. The van der Waals surface area contributed by atoms with E-state index in [1.807, 2.05) is 78.9 Å². The van der Waals surface area contributed by atoms with Crippen molar-refractivity contribution in [3.63, 3.8) is 0 Å². The summed E-state index contributed by atoms with van der Waals surface area (Å²) in [5, 5.41) is 18.1. The highest BCUT2D eigenvalue weighted by molar-refractivity contribution is 5.79. The number of rotatable bonds is 3. The maximum Gasteiger partial charge on any atom is 0.183 e. The maximum atomic E-state index is 9.37. The van der Waals surface area contributed by atoms with Gasteiger partial charge in [-0.05, 0) is 12.1 Å². The van der Waals surface area contributed by atoms with Crippen LogP contribution in [0.15, 0.2) is 84.9 Å². The first-order valence-electron chi connectivity index (χ1n) is 8.22. The van der Waals surface area contributed by atoms with E-state index in [-0.39, 0.29) is 0 Å². The van der Waals surface area contributed by atoms with Crippen LogP contribution in [0.4, 0.5) is 0 Å². The van der Waals surface area contributed by atoms with Crippen LogP contribution in [-0.2, 0) is 0 Å². The molecule has 0 amide bonds. The third-order valence-electron chi connectivity index (χ3n) is 4.07. The largest absolute Gasteiger partial charge is 0.224 e. The van der Waals surface area contributed by atoms with E-state index in [1.165, 1.54) is 0 Å². The van der Waals surface area contributed by atoms with Gasteiger partial charge in [0.2, 0.25) is 0 Å². The van der Waals surface area contributed by atoms with Gasteiger partial charge in [-0.25, -0.2) is 4.98 Å². The smallest absolute Gasteiger partial charge is 0.183 e. The van der Waals surface area contributed by atoms with Gasteiger partial charge in [0.15, 0.2) is 5.82 Å². The minimum atomic E-state index is 0.445. The Bertz CT molecular complexity index is 1080. The van der Waals surface area contributed by atoms with Crippen molar-refractivity contribution in [1.82, 2.24) is 15.2 Å². The van der Waals surface area contributed by atoms with E-state index >= 15 is 0 Å². The molecule has 4 aromatic rings. The molecular weight excluding hydrogens is 320 g/mol. The number of benzene rings is 3. The Morgan fingerprint density at radius 2 is 1.19 bits per heavy atom.